The van der Waals surface area contributed by atoms with E-state index in [9.17, 15) is 24.3 Å². The minimum atomic E-state index is -0.440. The first-order valence-electron chi connectivity index (χ1n) is 15.0. The minimum Gasteiger partial charge on any atom is -0.508 e. The van der Waals surface area contributed by atoms with Gasteiger partial charge >= 0.3 is 4.87 Å². The molecule has 1 saturated heterocycles. The predicted octanol–water partition coefficient (Wildman–Crippen LogP) is 4.85. The number of imide groups is 1. The van der Waals surface area contributed by atoms with Crippen molar-refractivity contribution in [2.24, 2.45) is 29.6 Å². The molecule has 8 rings (SSSR count). The Kier molecular flexibility index (Phi) is 6.95. The van der Waals surface area contributed by atoms with Crippen LogP contribution in [0.2, 0.25) is 0 Å². The van der Waals surface area contributed by atoms with Gasteiger partial charge in [0.1, 0.15) is 17.2 Å². The molecule has 3 amide bonds. The van der Waals surface area contributed by atoms with Gasteiger partial charge in [-0.3, -0.25) is 24.1 Å². The van der Waals surface area contributed by atoms with Crippen LogP contribution in [-0.4, -0.2) is 46.8 Å². The van der Waals surface area contributed by atoms with Crippen LogP contribution in [0.15, 0.2) is 82.6 Å². The average molecular weight is 656 g/mol. The Bertz CT molecular complexity index is 1920. The first-order chi connectivity index (χ1) is 22.3. The summed E-state index contributed by atoms with van der Waals surface area (Å²) < 4.78 is 11.4. The molecule has 0 radical (unpaired) electrons. The van der Waals surface area contributed by atoms with Gasteiger partial charge in [0.15, 0.2) is 6.61 Å². The van der Waals surface area contributed by atoms with Crippen molar-refractivity contribution < 1.29 is 29.0 Å². The van der Waals surface area contributed by atoms with Gasteiger partial charge in [0.05, 0.1) is 29.7 Å². The quantitative estimate of drug-likeness (QED) is 0.190. The zero-order valence-electron chi connectivity index (χ0n) is 24.5. The molecule has 4 aliphatic rings. The molecule has 3 N–H and O–H groups in total. The fourth-order valence-corrected chi connectivity index (χ4v) is 11.0. The lowest BCUT2D eigenvalue weighted by molar-refractivity contribution is -0.123. The molecule has 46 heavy (non-hydrogen) atoms. The molecule has 0 spiro atoms. The molecule has 2 aliphatic carbocycles. The maximum absolute atomic E-state index is 14.1. The number of benzene rings is 3. The maximum atomic E-state index is 14.1. The average Bonchev–Trinajstić information content (AvgIpc) is 3.80. The number of anilines is 2. The summed E-state index contributed by atoms with van der Waals surface area (Å²) in [5.41, 5.74) is 1.92. The van der Waals surface area contributed by atoms with E-state index in [2.05, 4.69) is 10.3 Å². The highest BCUT2D eigenvalue weighted by molar-refractivity contribution is 8.00. The lowest BCUT2D eigenvalue weighted by atomic mass is 9.68. The van der Waals surface area contributed by atoms with Crippen molar-refractivity contribution in [1.82, 2.24) is 4.98 Å². The van der Waals surface area contributed by atoms with E-state index in [0.29, 0.717) is 22.9 Å². The molecule has 4 aromatic rings. The smallest absolute Gasteiger partial charge is 0.305 e. The Morgan fingerprint density at radius 2 is 1.70 bits per heavy atom. The van der Waals surface area contributed by atoms with Crippen LogP contribution in [0.4, 0.5) is 11.4 Å². The van der Waals surface area contributed by atoms with Gasteiger partial charge < -0.3 is 24.9 Å². The molecular weight excluding hydrogens is 627 g/mol. The normalized spacial score (nSPS) is 27.2. The van der Waals surface area contributed by atoms with Crippen LogP contribution in [0.25, 0.3) is 0 Å². The third-order valence-electron chi connectivity index (χ3n) is 9.82. The summed E-state index contributed by atoms with van der Waals surface area (Å²) in [5.74, 6) is -0.610. The van der Waals surface area contributed by atoms with Crippen LogP contribution in [-0.2, 0) is 14.4 Å². The monoisotopic (exact) mass is 655 g/mol. The van der Waals surface area contributed by atoms with Crippen molar-refractivity contribution in [1.29, 1.82) is 0 Å². The van der Waals surface area contributed by atoms with Gasteiger partial charge in [0.25, 0.3) is 5.91 Å². The summed E-state index contributed by atoms with van der Waals surface area (Å²) in [6.07, 6.45) is 0.763. The fourth-order valence-electron chi connectivity index (χ4n) is 8.10. The highest BCUT2D eigenvalue weighted by Crippen LogP contribution is 2.69. The number of carbonyl (C=O) groups is 3. The lowest BCUT2D eigenvalue weighted by Crippen LogP contribution is -2.42. The first-order valence-corrected chi connectivity index (χ1v) is 16.7. The van der Waals surface area contributed by atoms with Gasteiger partial charge in [-0.15, -0.1) is 11.8 Å². The number of thioether (sulfide) groups is 1. The number of aromatic nitrogens is 1. The summed E-state index contributed by atoms with van der Waals surface area (Å²) >= 11 is 2.80. The largest absolute Gasteiger partial charge is 0.508 e. The van der Waals surface area contributed by atoms with Gasteiger partial charge in [-0.1, -0.05) is 29.5 Å². The number of phenolic OH excluding ortho intramolecular Hbond substituents is 1. The second-order valence-electron chi connectivity index (χ2n) is 12.1. The Morgan fingerprint density at radius 3 is 2.43 bits per heavy atom. The van der Waals surface area contributed by atoms with Crippen molar-refractivity contribution >= 4 is 52.2 Å². The Morgan fingerprint density at radius 1 is 0.978 bits per heavy atom. The molecule has 3 aromatic carbocycles. The molecule has 12 heteroatoms. The van der Waals surface area contributed by atoms with E-state index < -0.39 is 11.8 Å². The van der Waals surface area contributed by atoms with E-state index in [0.717, 1.165) is 21.9 Å². The molecule has 6 unspecified atom stereocenters. The topological polar surface area (TPSA) is 138 Å². The summed E-state index contributed by atoms with van der Waals surface area (Å²) in [7, 11) is 1.57. The predicted molar refractivity (Wildman–Crippen MR) is 173 cm³/mol. The van der Waals surface area contributed by atoms with Gasteiger partial charge in [-0.05, 0) is 78.8 Å². The standard InChI is InChI=1S/C34H29N3O7S2/c1-43-19-12-8-17(9-13-19)37-32(40)27-21-14-22(28(27)33(37)41)29-26(21)25(30-31(45-29)36-34(42)46-30)20-4-2-3-5-23(20)44-15-24(39)35-16-6-10-18(38)11-7-16/h2-13,21-22,25-29,38H,14-15H2,1H3,(H,35,39)(H,36,42)/t21?,22?,25-,26?,27?,28?,29?/m1/s1. The second-order valence-corrected chi connectivity index (χ2v) is 14.3. The molecular formula is C34H29N3O7S2. The van der Waals surface area contributed by atoms with Crippen LogP contribution >= 0.6 is 23.1 Å². The number of amides is 3. The number of H-pyrrole nitrogens is 1. The highest BCUT2D eigenvalue weighted by atomic mass is 32.2. The number of hydrogen-bond donors (Lipinski definition) is 3. The molecule has 2 bridgehead atoms. The number of para-hydroxylation sites is 1. The van der Waals surface area contributed by atoms with E-state index in [4.69, 9.17) is 9.47 Å². The molecule has 2 saturated carbocycles. The second kappa shape index (κ2) is 11.1. The number of rotatable bonds is 7. The highest BCUT2D eigenvalue weighted by Gasteiger charge is 2.69. The third kappa shape index (κ3) is 4.53. The molecule has 3 fully saturated rings. The minimum absolute atomic E-state index is 0.0154. The van der Waals surface area contributed by atoms with Gasteiger partial charge in [-0.25, -0.2) is 0 Å². The summed E-state index contributed by atoms with van der Waals surface area (Å²) in [4.78, 5) is 58.6. The number of hydrogen-bond acceptors (Lipinski definition) is 9. The number of nitrogens with zero attached hydrogens (tertiary/aromatic N) is 1. The number of methoxy groups -OCH3 is 1. The molecule has 10 nitrogen and oxygen atoms in total. The van der Waals surface area contributed by atoms with Crippen molar-refractivity contribution in [3.8, 4) is 17.2 Å². The van der Waals surface area contributed by atoms with E-state index >= 15 is 0 Å². The zero-order valence-corrected chi connectivity index (χ0v) is 26.2. The Labute approximate surface area is 271 Å². The number of nitrogens with one attached hydrogen (secondary N) is 2. The van der Waals surface area contributed by atoms with E-state index in [1.807, 2.05) is 24.3 Å². The molecule has 2 aliphatic heterocycles. The fraction of sp³-hybridized carbons (Fsp3) is 0.294. The number of thiazole rings is 1. The van der Waals surface area contributed by atoms with Crippen LogP contribution < -0.4 is 24.6 Å². The summed E-state index contributed by atoms with van der Waals surface area (Å²) in [5, 5.41) is 13.1. The van der Waals surface area contributed by atoms with Crippen molar-refractivity contribution in [2.45, 2.75) is 22.6 Å². The van der Waals surface area contributed by atoms with Crippen molar-refractivity contribution in [2.75, 3.05) is 23.9 Å². The summed E-state index contributed by atoms with van der Waals surface area (Å²) in [6, 6.07) is 20.7. The number of aromatic hydroxyl groups is 1. The van der Waals surface area contributed by atoms with Gasteiger partial charge in [0, 0.05) is 27.3 Å². The SMILES string of the molecule is COc1ccc(N2C(=O)C3C4CC(C3C2=O)C2C4Sc3[nH]c(=O)sc3[C@@H]2c2ccccc2OCC(=O)Nc2ccc(O)cc2)cc1. The number of phenols is 1. The van der Waals surface area contributed by atoms with Crippen molar-refractivity contribution in [3.05, 3.63) is 92.9 Å². The van der Waals surface area contributed by atoms with Crippen LogP contribution in [0, 0.1) is 29.6 Å². The number of ether oxygens (including phenoxy) is 2. The van der Waals surface area contributed by atoms with E-state index in [1.54, 1.807) is 55.3 Å². The van der Waals surface area contributed by atoms with Gasteiger partial charge in [0.2, 0.25) is 11.8 Å². The molecule has 234 valence electrons. The van der Waals surface area contributed by atoms with Crippen LogP contribution in [0.1, 0.15) is 22.8 Å². The maximum Gasteiger partial charge on any atom is 0.305 e. The Hall–Kier alpha value is -4.55. The van der Waals surface area contributed by atoms with Gasteiger partial charge in [-0.2, -0.15) is 0 Å². The first kappa shape index (κ1) is 28.9. The number of fused-ring (bicyclic) bond motifs is 9. The van der Waals surface area contributed by atoms with Crippen LogP contribution in [0.5, 0.6) is 17.2 Å². The lowest BCUT2D eigenvalue weighted by Gasteiger charge is -2.43. The number of aromatic amines is 1. The molecule has 1 aromatic heterocycles. The van der Waals surface area contributed by atoms with Crippen LogP contribution in [0.3, 0.4) is 0 Å². The third-order valence-corrected chi connectivity index (χ3v) is 12.4. The summed E-state index contributed by atoms with van der Waals surface area (Å²) in [6.45, 7) is -0.246. The van der Waals surface area contributed by atoms with E-state index in [-0.39, 0.29) is 63.9 Å². The molecule has 7 atom stereocenters. The zero-order chi connectivity index (χ0) is 31.7. The Balaban J connectivity index is 1.11. The number of carbonyl (C=O) groups excluding carboxylic acids is 3. The van der Waals surface area contributed by atoms with E-state index in [1.165, 1.54) is 28.4 Å². The molecule has 3 heterocycles. The van der Waals surface area contributed by atoms with Crippen molar-refractivity contribution in [3.63, 3.8) is 0 Å².